The molecule has 0 aliphatic rings. The fourth-order valence-electron chi connectivity index (χ4n) is 2.29. The van der Waals surface area contributed by atoms with E-state index in [2.05, 4.69) is 6.92 Å². The van der Waals surface area contributed by atoms with E-state index in [1.54, 1.807) is 0 Å². The Balaban J connectivity index is 0.000000518. The molecule has 0 radical (unpaired) electrons. The van der Waals surface area contributed by atoms with Gasteiger partial charge in [-0.25, -0.2) is 9.59 Å². The Morgan fingerprint density at radius 3 is 0.973 bits per heavy atom. The zero-order valence-electron chi connectivity index (χ0n) is 18.2. The van der Waals surface area contributed by atoms with Crippen molar-refractivity contribution in [1.29, 1.82) is 0 Å². The summed E-state index contributed by atoms with van der Waals surface area (Å²) in [4.78, 5) is 31.1. The Morgan fingerprint density at radius 2 is 0.676 bits per heavy atom. The molecule has 0 heterocycles. The fourth-order valence-corrected chi connectivity index (χ4v) is 2.29. The van der Waals surface area contributed by atoms with Crippen LogP contribution in [-0.4, -0.2) is 74.1 Å². The third kappa shape index (κ3) is 8.54. The average Bonchev–Trinajstić information content (AvgIpc) is 2.76. The molecule has 0 aliphatic heterocycles. The van der Waals surface area contributed by atoms with Crippen LogP contribution in [0.5, 0.6) is 46.0 Å². The standard InChI is InChI=1S/C8H7O4.2C7H6O5.Fe/c1-4-2-6(9)7(10)3-5(4)8(11)12;2*8-4-2-6(10)5(9)1-3(4)7(11)12;/h2-3,9-10H,1H2,(H,11,12);2*1-2,8-10H,(H,11,12);/q-1;;;. The molecule has 0 saturated carbocycles. The normalized spacial score (nSPS) is 9.41. The maximum Gasteiger partial charge on any atom is 0.339 e. The first-order valence-corrected chi connectivity index (χ1v) is 9.14. The zero-order chi connectivity index (χ0) is 27.9. The maximum absolute atomic E-state index is 10.5. The van der Waals surface area contributed by atoms with Gasteiger partial charge in [-0.1, -0.05) is 6.07 Å². The van der Waals surface area contributed by atoms with Gasteiger partial charge in [0.2, 0.25) is 0 Å². The number of carboxylic acids is 3. The van der Waals surface area contributed by atoms with Crippen LogP contribution >= 0.6 is 0 Å². The second-order valence-electron chi connectivity index (χ2n) is 6.63. The molecular weight excluding hydrogens is 544 g/mol. The molecule has 0 aliphatic carbocycles. The van der Waals surface area contributed by atoms with Crippen molar-refractivity contribution in [3.8, 4) is 46.0 Å². The Kier molecular flexibility index (Phi) is 11.3. The number of carbonyl (C=O) groups is 3. The first-order valence-electron chi connectivity index (χ1n) is 9.14. The molecule has 15 heteroatoms. The van der Waals surface area contributed by atoms with Gasteiger partial charge < -0.3 is 56.2 Å². The molecule has 0 atom stereocenters. The molecule has 0 bridgehead atoms. The minimum absolute atomic E-state index is 0. The average molecular weight is 563 g/mol. The minimum atomic E-state index is -1.37. The molecule has 3 aromatic carbocycles. The number of hydrogen-bond donors (Lipinski definition) is 11. The number of phenolic OH excluding ortho intramolecular Hbond substituents is 6. The number of benzene rings is 3. The first-order chi connectivity index (χ1) is 16.6. The summed E-state index contributed by atoms with van der Waals surface area (Å²) in [5, 5.41) is 96.4. The molecule has 3 rings (SSSR count). The summed E-state index contributed by atoms with van der Waals surface area (Å²) in [5.41, 5.74) is -0.862. The predicted molar refractivity (Wildman–Crippen MR) is 118 cm³/mol. The van der Waals surface area contributed by atoms with Crippen LogP contribution in [0.25, 0.3) is 0 Å². The van der Waals surface area contributed by atoms with Crippen LogP contribution in [0, 0.1) is 6.92 Å². The van der Waals surface area contributed by atoms with E-state index < -0.39 is 69.3 Å². The number of hydrogen-bond acceptors (Lipinski definition) is 11. The van der Waals surface area contributed by atoms with Gasteiger partial charge in [0.15, 0.2) is 23.0 Å². The van der Waals surface area contributed by atoms with Crippen molar-refractivity contribution in [2.75, 3.05) is 0 Å². The summed E-state index contributed by atoms with van der Waals surface area (Å²) in [6, 6.07) is 5.12. The van der Waals surface area contributed by atoms with E-state index in [0.29, 0.717) is 0 Å². The van der Waals surface area contributed by atoms with Gasteiger partial charge in [0, 0.05) is 41.3 Å². The molecule has 0 aromatic heterocycles. The van der Waals surface area contributed by atoms with E-state index in [0.717, 1.165) is 36.4 Å². The Bertz CT molecular complexity index is 1160. The zero-order valence-corrected chi connectivity index (χ0v) is 19.3. The molecule has 0 spiro atoms. The molecule has 0 saturated heterocycles. The fraction of sp³-hybridized carbons (Fsp3) is 0. The van der Waals surface area contributed by atoms with Crippen LogP contribution < -0.4 is 0 Å². The van der Waals surface area contributed by atoms with Crippen molar-refractivity contribution in [2.45, 2.75) is 0 Å². The predicted octanol–water partition coefficient (Wildman–Crippen LogP) is 1.98. The van der Waals surface area contributed by atoms with E-state index in [9.17, 15) is 14.4 Å². The van der Waals surface area contributed by atoms with Crippen LogP contribution in [0.4, 0.5) is 0 Å². The van der Waals surface area contributed by atoms with Crippen LogP contribution in [0.2, 0.25) is 0 Å². The number of aromatic hydroxyl groups is 8. The third-order valence-electron chi connectivity index (χ3n) is 4.08. The van der Waals surface area contributed by atoms with Gasteiger partial charge in [0.1, 0.15) is 34.1 Å². The van der Waals surface area contributed by atoms with Crippen LogP contribution in [0.15, 0.2) is 36.4 Å². The minimum Gasteiger partial charge on any atom is -0.517 e. The molecule has 11 N–H and O–H groups in total. The van der Waals surface area contributed by atoms with Crippen molar-refractivity contribution >= 4 is 17.9 Å². The van der Waals surface area contributed by atoms with E-state index in [4.69, 9.17) is 56.2 Å². The Hall–Kier alpha value is -5.14. The van der Waals surface area contributed by atoms with Crippen molar-refractivity contribution in [3.63, 3.8) is 0 Å². The monoisotopic (exact) mass is 563 g/mol. The largest absolute Gasteiger partial charge is 0.517 e. The van der Waals surface area contributed by atoms with Gasteiger partial charge in [-0.2, -0.15) is 12.5 Å². The summed E-state index contributed by atoms with van der Waals surface area (Å²) < 4.78 is 0. The van der Waals surface area contributed by atoms with Gasteiger partial charge in [-0.3, -0.25) is 4.79 Å². The van der Waals surface area contributed by atoms with Gasteiger partial charge in [-0.15, -0.1) is 6.07 Å². The van der Waals surface area contributed by atoms with Gasteiger partial charge in [-0.05, 0) is 5.56 Å². The van der Waals surface area contributed by atoms with Crippen molar-refractivity contribution in [3.05, 3.63) is 65.6 Å². The topological polar surface area (TPSA) is 274 Å². The molecular formula is C22H19FeO14-. The quantitative estimate of drug-likeness (QED) is 0.0941. The number of aromatic carboxylic acids is 3. The van der Waals surface area contributed by atoms with Gasteiger partial charge >= 0.3 is 11.9 Å². The van der Waals surface area contributed by atoms with Crippen LogP contribution in [-0.2, 0) is 17.1 Å². The molecule has 0 fully saturated rings. The molecule has 200 valence electrons. The summed E-state index contributed by atoms with van der Waals surface area (Å²) in [7, 11) is 0. The van der Waals surface area contributed by atoms with E-state index in [1.807, 2.05) is 0 Å². The van der Waals surface area contributed by atoms with Crippen molar-refractivity contribution < 1.29 is 87.6 Å². The summed E-state index contributed by atoms with van der Waals surface area (Å²) >= 11 is 0. The second kappa shape index (κ2) is 13.1. The van der Waals surface area contributed by atoms with Crippen LogP contribution in [0.3, 0.4) is 0 Å². The molecule has 0 amide bonds. The Morgan fingerprint density at radius 1 is 0.432 bits per heavy atom. The molecule has 0 unspecified atom stereocenters. The summed E-state index contributed by atoms with van der Waals surface area (Å²) in [6.07, 6.45) is 0. The Labute approximate surface area is 217 Å². The van der Waals surface area contributed by atoms with E-state index in [-0.39, 0.29) is 33.9 Å². The molecule has 37 heavy (non-hydrogen) atoms. The smallest absolute Gasteiger partial charge is 0.339 e. The molecule has 14 nitrogen and oxygen atoms in total. The van der Waals surface area contributed by atoms with Crippen molar-refractivity contribution in [2.24, 2.45) is 0 Å². The number of phenols is 8. The van der Waals surface area contributed by atoms with Crippen molar-refractivity contribution in [1.82, 2.24) is 0 Å². The van der Waals surface area contributed by atoms with E-state index >= 15 is 0 Å². The maximum atomic E-state index is 10.5. The summed E-state index contributed by atoms with van der Waals surface area (Å²) in [6.45, 7) is 3.39. The second-order valence-corrected chi connectivity index (χ2v) is 6.63. The van der Waals surface area contributed by atoms with E-state index in [1.165, 1.54) is 0 Å². The first kappa shape index (κ1) is 31.9. The number of carboxylic acid groups (broad SMARTS) is 3. The summed E-state index contributed by atoms with van der Waals surface area (Å²) in [5.74, 6) is -8.20. The van der Waals surface area contributed by atoms with Gasteiger partial charge in [0.25, 0.3) is 5.97 Å². The molecule has 3 aromatic rings. The number of rotatable bonds is 3. The third-order valence-corrected chi connectivity index (χ3v) is 4.08. The van der Waals surface area contributed by atoms with Crippen LogP contribution in [0.1, 0.15) is 36.6 Å². The van der Waals surface area contributed by atoms with Gasteiger partial charge in [0.05, 0.1) is 0 Å². The SMILES string of the molecule is O=C(O)c1cc(O)c(O)cc1O.O=C(O)c1cc(O)c(O)cc1O.[CH2-]c1cc(O)c(O)cc1C(=O)O.[Fe].